The van der Waals surface area contributed by atoms with E-state index in [-0.39, 0.29) is 5.41 Å². The molecule has 1 fully saturated rings. The van der Waals surface area contributed by atoms with Crippen molar-refractivity contribution in [1.29, 1.82) is 0 Å². The molecule has 4 heterocycles. The molecule has 2 aliphatic heterocycles. The zero-order chi connectivity index (χ0) is 39.3. The molecule has 0 aliphatic carbocycles. The smallest absolute Gasteiger partial charge is 0.225 e. The van der Waals surface area contributed by atoms with E-state index in [9.17, 15) is 0 Å². The van der Waals surface area contributed by atoms with Crippen molar-refractivity contribution in [3.05, 3.63) is 175 Å². The van der Waals surface area contributed by atoms with Crippen LogP contribution in [0.5, 0.6) is 11.5 Å². The second-order valence-electron chi connectivity index (χ2n) is 17.4. The van der Waals surface area contributed by atoms with Gasteiger partial charge in [-0.3, -0.25) is 4.57 Å². The minimum absolute atomic E-state index is 0.0558. The van der Waals surface area contributed by atoms with Crippen LogP contribution in [0, 0.1) is 6.67 Å². The lowest BCUT2D eigenvalue weighted by Gasteiger charge is -2.40. The minimum atomic E-state index is 0.0558. The van der Waals surface area contributed by atoms with Crippen molar-refractivity contribution in [3.8, 4) is 28.4 Å². The van der Waals surface area contributed by atoms with Crippen LogP contribution >= 0.6 is 0 Å². The molecule has 1 saturated heterocycles. The molecule has 0 spiro atoms. The number of fused-ring (bicyclic) bond motifs is 7. The number of benzene rings is 6. The van der Waals surface area contributed by atoms with Gasteiger partial charge in [-0.25, -0.2) is 4.98 Å². The maximum Gasteiger partial charge on any atom is 0.225 e. The Kier molecular flexibility index (Phi) is 7.92. The number of pyridine rings is 1. The Balaban J connectivity index is 1.05. The number of quaternary nitrogens is 2. The van der Waals surface area contributed by atoms with Crippen molar-refractivity contribution >= 4 is 44.6 Å². The van der Waals surface area contributed by atoms with E-state index in [0.717, 1.165) is 33.7 Å². The summed E-state index contributed by atoms with van der Waals surface area (Å²) in [7, 11) is 0. The number of nitrogens with zero attached hydrogens (tertiary/aromatic N) is 4. The molecule has 0 amide bonds. The fourth-order valence-electron chi connectivity index (χ4n) is 9.38. The Bertz CT molecular complexity index is 2850. The number of aromatic nitrogens is 2. The Morgan fingerprint density at radius 2 is 1.19 bits per heavy atom. The largest absolute Gasteiger partial charge is 0.457 e. The molecular weight excluding hydrogens is 697 g/mol. The average Bonchev–Trinajstić information content (AvgIpc) is 3.71. The lowest BCUT2D eigenvalue weighted by Crippen LogP contribution is -2.46. The van der Waals surface area contributed by atoms with Gasteiger partial charge in [0.15, 0.2) is 18.0 Å². The SMILES string of the molecule is CC(C)c1cccc(C(C)C)c1-c1ccnc(-n2c3ccccc3c3ccc(Oc4cccc([N+]56[CH-][N@+]5(c5cccc(C(C)(C)C)c5)c5ccccc56)c4)cc32)c1. The van der Waals surface area contributed by atoms with Crippen LogP contribution in [0.3, 0.4) is 0 Å². The predicted molar refractivity (Wildman–Crippen MR) is 237 cm³/mol. The fraction of sp³-hybridized carbons (Fsp3) is 0.192. The Hall–Kier alpha value is -6.01. The Morgan fingerprint density at radius 3 is 1.89 bits per heavy atom. The van der Waals surface area contributed by atoms with Crippen molar-refractivity contribution in [3.63, 3.8) is 0 Å². The molecule has 57 heavy (non-hydrogen) atoms. The third kappa shape index (κ3) is 5.26. The molecule has 6 aromatic carbocycles. The van der Waals surface area contributed by atoms with E-state index < -0.39 is 0 Å². The van der Waals surface area contributed by atoms with E-state index in [2.05, 4.69) is 205 Å². The zero-order valence-corrected chi connectivity index (χ0v) is 33.9. The highest BCUT2D eigenvalue weighted by Crippen LogP contribution is 2.75. The molecule has 2 aromatic heterocycles. The predicted octanol–water partition coefficient (Wildman–Crippen LogP) is 14.5. The van der Waals surface area contributed by atoms with Gasteiger partial charge in [0, 0.05) is 59.4 Å². The molecule has 0 saturated carbocycles. The monoisotopic (exact) mass is 745 g/mol. The summed E-state index contributed by atoms with van der Waals surface area (Å²) < 4.78 is 10.4. The number of hydrogen-bond donors (Lipinski definition) is 0. The highest BCUT2D eigenvalue weighted by Gasteiger charge is 2.77. The Morgan fingerprint density at radius 1 is 0.579 bits per heavy atom. The second-order valence-corrected chi connectivity index (χ2v) is 17.4. The highest BCUT2D eigenvalue weighted by atomic mass is 16.5. The normalized spacial score (nSPS) is 18.5. The average molecular weight is 746 g/mol. The Labute approximate surface area is 336 Å². The first-order valence-corrected chi connectivity index (χ1v) is 20.3. The van der Waals surface area contributed by atoms with E-state index in [0.29, 0.717) is 21.0 Å². The summed E-state index contributed by atoms with van der Waals surface area (Å²) in [6.07, 6.45) is 1.96. The molecule has 0 radical (unpaired) electrons. The van der Waals surface area contributed by atoms with Crippen molar-refractivity contribution in [2.75, 3.05) is 0 Å². The first kappa shape index (κ1) is 35.4. The molecule has 2 atom stereocenters. The van der Waals surface area contributed by atoms with Gasteiger partial charge in [0.1, 0.15) is 17.3 Å². The third-order valence-electron chi connectivity index (χ3n) is 12.2. The van der Waals surface area contributed by atoms with E-state index in [1.54, 1.807) is 0 Å². The van der Waals surface area contributed by atoms with Gasteiger partial charge in [-0.1, -0.05) is 115 Å². The lowest BCUT2D eigenvalue weighted by molar-refractivity contribution is 0.423. The van der Waals surface area contributed by atoms with Crippen molar-refractivity contribution in [1.82, 2.24) is 18.7 Å². The van der Waals surface area contributed by atoms with Crippen LogP contribution in [0.2, 0.25) is 0 Å². The minimum Gasteiger partial charge on any atom is -0.457 e. The summed E-state index contributed by atoms with van der Waals surface area (Å²) in [5.41, 5.74) is 13.9. The first-order valence-electron chi connectivity index (χ1n) is 20.3. The quantitative estimate of drug-likeness (QED) is 0.0880. The van der Waals surface area contributed by atoms with Crippen LogP contribution in [0.4, 0.5) is 22.7 Å². The fourth-order valence-corrected chi connectivity index (χ4v) is 9.38. The van der Waals surface area contributed by atoms with E-state index in [1.807, 2.05) is 6.20 Å². The van der Waals surface area contributed by atoms with Crippen LogP contribution in [0.25, 0.3) is 38.8 Å². The molecule has 0 bridgehead atoms. The summed E-state index contributed by atoms with van der Waals surface area (Å²) in [5, 5.41) is 2.35. The molecule has 282 valence electrons. The highest BCUT2D eigenvalue weighted by molar-refractivity contribution is 6.09. The topological polar surface area (TPSA) is 27.1 Å². The summed E-state index contributed by atoms with van der Waals surface area (Å²) in [6.45, 7) is 18.4. The van der Waals surface area contributed by atoms with Gasteiger partial charge in [0.25, 0.3) is 0 Å². The maximum atomic E-state index is 6.80. The van der Waals surface area contributed by atoms with Crippen molar-refractivity contribution in [2.24, 2.45) is 0 Å². The van der Waals surface area contributed by atoms with E-state index >= 15 is 0 Å². The molecule has 1 unspecified atom stereocenters. The van der Waals surface area contributed by atoms with Gasteiger partial charge < -0.3 is 4.74 Å². The third-order valence-corrected chi connectivity index (χ3v) is 12.2. The molecule has 2 aliphatic rings. The summed E-state index contributed by atoms with van der Waals surface area (Å²) in [5.74, 6) is 3.27. The molecule has 0 N–H and O–H groups in total. The first-order chi connectivity index (χ1) is 27.5. The summed E-state index contributed by atoms with van der Waals surface area (Å²) >= 11 is 0. The standard InChI is InChI=1S/C52H49N4O/c1-34(2)42-20-14-21-43(35(3)4)51(42)36-27-28-53-50(29-36)54-46-22-9-8-19-44(46)45-26-25-41(32-47(45)54)57-40-18-13-17-39(31-40)56-33-55(56,48-23-10-11-24-49(48)56)38-16-12-15-37(30-38)52(5,6)7/h8-35H,1-7H3/q+1/t55-,56?/m0/s1. The van der Waals surface area contributed by atoms with Crippen LogP contribution in [-0.4, -0.2) is 9.55 Å². The summed E-state index contributed by atoms with van der Waals surface area (Å²) in [4.78, 5) is 5.01. The number of ether oxygens (including phenoxy) is 1. The zero-order valence-electron chi connectivity index (χ0n) is 33.9. The van der Waals surface area contributed by atoms with Gasteiger partial charge in [-0.15, -0.1) is 0 Å². The lowest BCUT2D eigenvalue weighted by atomic mass is 9.85. The van der Waals surface area contributed by atoms with Crippen molar-refractivity contribution in [2.45, 2.75) is 65.7 Å². The van der Waals surface area contributed by atoms with E-state index in [1.165, 1.54) is 56.0 Å². The van der Waals surface area contributed by atoms with Gasteiger partial charge >= 0.3 is 0 Å². The van der Waals surface area contributed by atoms with Gasteiger partial charge in [-0.05, 0) is 81.5 Å². The molecule has 5 nitrogen and oxygen atoms in total. The van der Waals surface area contributed by atoms with Gasteiger partial charge in [0.2, 0.25) is 11.4 Å². The van der Waals surface area contributed by atoms with Crippen LogP contribution < -0.4 is 13.9 Å². The summed E-state index contributed by atoms with van der Waals surface area (Å²) in [6, 6.07) is 52.8. The molecule has 5 heteroatoms. The number of rotatable bonds is 8. The van der Waals surface area contributed by atoms with E-state index in [4.69, 9.17) is 9.72 Å². The number of hydrogen-bond acceptors (Lipinski definition) is 2. The molecule has 8 aromatic rings. The molecular formula is C52H49N4O+. The van der Waals surface area contributed by atoms with Gasteiger partial charge in [-0.2, -0.15) is 9.18 Å². The molecule has 10 rings (SSSR count). The van der Waals surface area contributed by atoms with Crippen LogP contribution in [0.15, 0.2) is 152 Å². The van der Waals surface area contributed by atoms with Gasteiger partial charge in [0.05, 0.1) is 11.0 Å². The van der Waals surface area contributed by atoms with Crippen LogP contribution in [-0.2, 0) is 5.41 Å². The van der Waals surface area contributed by atoms with Crippen LogP contribution in [0.1, 0.15) is 77.0 Å². The second kappa shape index (κ2) is 12.8. The van der Waals surface area contributed by atoms with Crippen molar-refractivity contribution < 1.29 is 4.74 Å². The number of para-hydroxylation sites is 3. The maximum absolute atomic E-state index is 6.80.